The highest BCUT2D eigenvalue weighted by Gasteiger charge is 2.42. The summed E-state index contributed by atoms with van der Waals surface area (Å²) in [5, 5.41) is 5.96. The molecule has 2 aromatic carbocycles. The summed E-state index contributed by atoms with van der Waals surface area (Å²) in [6.07, 6.45) is 3.08. The van der Waals surface area contributed by atoms with E-state index in [-0.39, 0.29) is 17.7 Å². The molecule has 3 aromatic rings. The van der Waals surface area contributed by atoms with Gasteiger partial charge < -0.3 is 19.9 Å². The van der Waals surface area contributed by atoms with Crippen molar-refractivity contribution in [3.8, 4) is 17.1 Å². The molecule has 176 valence electrons. The van der Waals surface area contributed by atoms with Crippen molar-refractivity contribution in [1.29, 1.82) is 0 Å². The molecule has 0 saturated carbocycles. The van der Waals surface area contributed by atoms with E-state index in [1.54, 1.807) is 17.0 Å². The normalized spacial score (nSPS) is 16.8. The molecule has 0 bridgehead atoms. The number of carbonyl (C=O) groups is 2. The smallest absolute Gasteiger partial charge is 0.387 e. The Bertz CT molecular complexity index is 1220. The van der Waals surface area contributed by atoms with Crippen LogP contribution in [-0.4, -0.2) is 46.5 Å². The van der Waals surface area contributed by atoms with Gasteiger partial charge >= 0.3 is 12.6 Å². The topological polar surface area (TPSA) is 99.3 Å². The number of imidazole rings is 1. The maximum Gasteiger partial charge on any atom is 0.387 e. The van der Waals surface area contributed by atoms with E-state index in [1.807, 2.05) is 18.2 Å². The SMILES string of the molecule is O=C1Cc2ccccc2C2(CCN(C(=O)Nc3cnc(-c4cccc(OC(F)F)c4)[nH]3)CC2)N1. The van der Waals surface area contributed by atoms with Crippen LogP contribution in [0.15, 0.2) is 54.7 Å². The van der Waals surface area contributed by atoms with Gasteiger partial charge in [0.15, 0.2) is 0 Å². The lowest BCUT2D eigenvalue weighted by atomic mass is 9.76. The van der Waals surface area contributed by atoms with Crippen molar-refractivity contribution in [2.75, 3.05) is 18.4 Å². The average Bonchev–Trinajstić information content (AvgIpc) is 3.28. The molecule has 0 aliphatic carbocycles. The quantitative estimate of drug-likeness (QED) is 0.542. The number of likely N-dealkylation sites (tertiary alicyclic amines) is 1. The van der Waals surface area contributed by atoms with Crippen molar-refractivity contribution in [3.63, 3.8) is 0 Å². The summed E-state index contributed by atoms with van der Waals surface area (Å²) in [5.41, 5.74) is 2.27. The van der Waals surface area contributed by atoms with Crippen LogP contribution in [0.2, 0.25) is 0 Å². The molecule has 3 amide bonds. The van der Waals surface area contributed by atoms with Crippen LogP contribution >= 0.6 is 0 Å². The minimum Gasteiger partial charge on any atom is -0.435 e. The van der Waals surface area contributed by atoms with E-state index < -0.39 is 12.2 Å². The molecule has 0 unspecified atom stereocenters. The first-order chi connectivity index (χ1) is 16.4. The first kappa shape index (κ1) is 21.9. The minimum atomic E-state index is -2.92. The molecule has 2 aliphatic heterocycles. The highest BCUT2D eigenvalue weighted by molar-refractivity contribution is 5.89. The third-order valence-electron chi connectivity index (χ3n) is 6.32. The number of alkyl halides is 2. The maximum absolute atomic E-state index is 12.8. The van der Waals surface area contributed by atoms with Gasteiger partial charge in [0.25, 0.3) is 0 Å². The summed E-state index contributed by atoms with van der Waals surface area (Å²) in [6.45, 7) is -1.95. The Morgan fingerprint density at radius 1 is 1.15 bits per heavy atom. The van der Waals surface area contributed by atoms with Crippen molar-refractivity contribution < 1.29 is 23.1 Å². The van der Waals surface area contributed by atoms with Crippen molar-refractivity contribution >= 4 is 17.8 Å². The standard InChI is InChI=1S/C24H23F2N5O3/c25-22(26)34-17-6-3-5-16(12-17)21-27-14-19(28-21)29-23(33)31-10-8-24(9-11-31)18-7-2-1-4-15(18)13-20(32)30-24/h1-7,12,14,22H,8-11,13H2,(H,27,28)(H,29,33)(H,30,32). The zero-order valence-electron chi connectivity index (χ0n) is 18.2. The summed E-state index contributed by atoms with van der Waals surface area (Å²) in [4.78, 5) is 34.0. The van der Waals surface area contributed by atoms with E-state index in [1.165, 1.54) is 18.3 Å². The van der Waals surface area contributed by atoms with E-state index >= 15 is 0 Å². The summed E-state index contributed by atoms with van der Waals surface area (Å²) in [6, 6.07) is 13.8. The van der Waals surface area contributed by atoms with Crippen LogP contribution < -0.4 is 15.4 Å². The van der Waals surface area contributed by atoms with Gasteiger partial charge in [-0.05, 0) is 36.1 Å². The number of piperidine rings is 1. The fourth-order valence-electron chi connectivity index (χ4n) is 4.72. The van der Waals surface area contributed by atoms with Crippen LogP contribution in [0.1, 0.15) is 24.0 Å². The molecule has 34 heavy (non-hydrogen) atoms. The Morgan fingerprint density at radius 3 is 2.74 bits per heavy atom. The fraction of sp³-hybridized carbons (Fsp3) is 0.292. The number of aromatic nitrogens is 2. The molecule has 1 saturated heterocycles. The number of H-pyrrole nitrogens is 1. The van der Waals surface area contributed by atoms with Gasteiger partial charge in [-0.1, -0.05) is 36.4 Å². The second-order valence-corrected chi connectivity index (χ2v) is 8.43. The monoisotopic (exact) mass is 467 g/mol. The van der Waals surface area contributed by atoms with Crippen LogP contribution in [0, 0.1) is 0 Å². The van der Waals surface area contributed by atoms with Gasteiger partial charge in [-0.25, -0.2) is 9.78 Å². The average molecular weight is 467 g/mol. The van der Waals surface area contributed by atoms with Crippen LogP contribution in [-0.2, 0) is 16.8 Å². The first-order valence-electron chi connectivity index (χ1n) is 11.0. The van der Waals surface area contributed by atoms with Gasteiger partial charge in [0.2, 0.25) is 5.91 Å². The zero-order valence-corrected chi connectivity index (χ0v) is 18.2. The fourth-order valence-corrected chi connectivity index (χ4v) is 4.72. The number of amides is 3. The van der Waals surface area contributed by atoms with E-state index in [0.29, 0.717) is 49.6 Å². The third-order valence-corrected chi connectivity index (χ3v) is 6.32. The van der Waals surface area contributed by atoms with Crippen molar-refractivity contribution in [2.45, 2.75) is 31.4 Å². The molecule has 0 atom stereocenters. The Labute approximate surface area is 194 Å². The highest BCUT2D eigenvalue weighted by Crippen LogP contribution is 2.38. The van der Waals surface area contributed by atoms with Crippen molar-refractivity contribution in [3.05, 3.63) is 65.9 Å². The number of carbonyl (C=O) groups excluding carboxylic acids is 2. The number of anilines is 1. The molecule has 1 fully saturated rings. The van der Waals surface area contributed by atoms with E-state index in [9.17, 15) is 18.4 Å². The molecule has 3 heterocycles. The number of hydrogen-bond acceptors (Lipinski definition) is 4. The Balaban J connectivity index is 1.24. The number of nitrogens with zero attached hydrogens (tertiary/aromatic N) is 2. The van der Waals surface area contributed by atoms with Crippen LogP contribution in [0.3, 0.4) is 0 Å². The Hall–Kier alpha value is -3.95. The highest BCUT2D eigenvalue weighted by atomic mass is 19.3. The summed E-state index contributed by atoms with van der Waals surface area (Å²) in [5.74, 6) is 0.823. The second-order valence-electron chi connectivity index (χ2n) is 8.43. The number of hydrogen-bond donors (Lipinski definition) is 3. The predicted octanol–water partition coefficient (Wildman–Crippen LogP) is 3.87. The predicted molar refractivity (Wildman–Crippen MR) is 120 cm³/mol. The van der Waals surface area contributed by atoms with E-state index in [2.05, 4.69) is 31.4 Å². The van der Waals surface area contributed by atoms with Gasteiger partial charge in [-0.2, -0.15) is 8.78 Å². The second kappa shape index (κ2) is 8.77. The number of fused-ring (bicyclic) bond motifs is 2. The summed E-state index contributed by atoms with van der Waals surface area (Å²) < 4.78 is 29.4. The lowest BCUT2D eigenvalue weighted by Crippen LogP contribution is -2.57. The molecule has 10 heteroatoms. The number of rotatable bonds is 4. The molecule has 1 spiro atoms. The van der Waals surface area contributed by atoms with E-state index in [0.717, 1.165) is 11.1 Å². The van der Waals surface area contributed by atoms with Crippen LogP contribution in [0.5, 0.6) is 5.75 Å². The van der Waals surface area contributed by atoms with Crippen molar-refractivity contribution in [2.24, 2.45) is 0 Å². The van der Waals surface area contributed by atoms with Crippen LogP contribution in [0.25, 0.3) is 11.4 Å². The number of ether oxygens (including phenoxy) is 1. The molecule has 5 rings (SSSR count). The molecule has 8 nitrogen and oxygen atoms in total. The largest absolute Gasteiger partial charge is 0.435 e. The molecular weight excluding hydrogens is 444 g/mol. The molecular formula is C24H23F2N5O3. The molecule has 0 radical (unpaired) electrons. The number of halogens is 2. The van der Waals surface area contributed by atoms with E-state index in [4.69, 9.17) is 0 Å². The lowest BCUT2D eigenvalue weighted by Gasteiger charge is -2.45. The van der Waals surface area contributed by atoms with Gasteiger partial charge in [-0.15, -0.1) is 0 Å². The third kappa shape index (κ3) is 4.30. The Morgan fingerprint density at radius 2 is 1.94 bits per heavy atom. The van der Waals surface area contributed by atoms with Crippen LogP contribution in [0.4, 0.5) is 19.4 Å². The molecule has 2 aliphatic rings. The number of urea groups is 1. The molecule has 1 aromatic heterocycles. The zero-order chi connectivity index (χ0) is 23.7. The van der Waals surface area contributed by atoms with Gasteiger partial charge in [0.1, 0.15) is 17.4 Å². The maximum atomic E-state index is 12.8. The lowest BCUT2D eigenvalue weighted by molar-refractivity contribution is -0.124. The number of benzene rings is 2. The number of aromatic amines is 1. The summed E-state index contributed by atoms with van der Waals surface area (Å²) in [7, 11) is 0. The van der Waals surface area contributed by atoms with Gasteiger partial charge in [0.05, 0.1) is 18.2 Å². The van der Waals surface area contributed by atoms with Gasteiger partial charge in [0, 0.05) is 18.7 Å². The first-order valence-corrected chi connectivity index (χ1v) is 11.0. The number of nitrogens with one attached hydrogen (secondary N) is 3. The summed E-state index contributed by atoms with van der Waals surface area (Å²) >= 11 is 0. The molecule has 3 N–H and O–H groups in total. The Kier molecular flexibility index (Phi) is 5.64. The van der Waals surface area contributed by atoms with Crippen molar-refractivity contribution in [1.82, 2.24) is 20.2 Å². The van der Waals surface area contributed by atoms with Gasteiger partial charge in [-0.3, -0.25) is 10.1 Å². The minimum absolute atomic E-state index is 0.00427.